The number of nitrogens with zero attached hydrogens (tertiary/aromatic N) is 1. The number of esters is 1. The lowest BCUT2D eigenvalue weighted by atomic mass is 9.96. The number of ether oxygens (including phenoxy) is 1. The number of carbonyl (C=O) groups is 2. The quantitative estimate of drug-likeness (QED) is 0.684. The van der Waals surface area contributed by atoms with Crippen molar-refractivity contribution in [1.29, 1.82) is 0 Å². The number of carbonyl (C=O) groups excluding carboxylic acids is 2. The number of hydrogen-bond donors (Lipinski definition) is 2. The summed E-state index contributed by atoms with van der Waals surface area (Å²) >= 11 is 0. The molecule has 9 heteroatoms. The molecule has 2 N–H and O–H groups in total. The molecule has 1 aliphatic carbocycles. The second-order valence-electron chi connectivity index (χ2n) is 6.61. The van der Waals surface area contributed by atoms with E-state index in [1.165, 1.54) is 42.1 Å². The molecular weight excluding hydrogens is 370 g/mol. The number of nitrogens with one attached hydrogen (secondary N) is 2. The number of sulfonamides is 1. The minimum absolute atomic E-state index is 0.0918. The van der Waals surface area contributed by atoms with Gasteiger partial charge in [-0.15, -0.1) is 0 Å². The Morgan fingerprint density at radius 1 is 1.15 bits per heavy atom. The molecule has 0 unspecified atom stereocenters. The Bertz CT molecular complexity index is 743. The van der Waals surface area contributed by atoms with Gasteiger partial charge in [0.05, 0.1) is 31.2 Å². The average Bonchev–Trinajstić information content (AvgIpc) is 2.64. The molecule has 2 rings (SSSR count). The molecule has 0 saturated heterocycles. The second-order valence-corrected chi connectivity index (χ2v) is 8.52. The van der Waals surface area contributed by atoms with Crippen LogP contribution in [0, 0.1) is 0 Å². The van der Waals surface area contributed by atoms with Gasteiger partial charge in [-0.25, -0.2) is 18.0 Å². The number of benzene rings is 1. The van der Waals surface area contributed by atoms with E-state index in [0.29, 0.717) is 11.3 Å². The fraction of sp³-hybridized carbons (Fsp3) is 0.556. The van der Waals surface area contributed by atoms with Crippen LogP contribution in [0.25, 0.3) is 0 Å². The Morgan fingerprint density at radius 2 is 1.78 bits per heavy atom. The predicted octanol–water partition coefficient (Wildman–Crippen LogP) is 1.87. The molecule has 150 valence electrons. The van der Waals surface area contributed by atoms with Crippen LogP contribution in [0.5, 0.6) is 0 Å². The molecule has 0 heterocycles. The number of anilines is 1. The maximum Gasteiger partial charge on any atom is 0.337 e. The molecule has 0 radical (unpaired) electrons. The van der Waals surface area contributed by atoms with Gasteiger partial charge in [0.2, 0.25) is 10.0 Å². The van der Waals surface area contributed by atoms with E-state index in [0.717, 1.165) is 31.9 Å². The minimum Gasteiger partial charge on any atom is -0.465 e. The van der Waals surface area contributed by atoms with Crippen molar-refractivity contribution >= 4 is 27.7 Å². The molecule has 0 aliphatic heterocycles. The first-order valence-electron chi connectivity index (χ1n) is 9.01. The molecule has 1 fully saturated rings. The predicted molar refractivity (Wildman–Crippen MR) is 103 cm³/mol. The fourth-order valence-electron chi connectivity index (χ4n) is 3.12. The van der Waals surface area contributed by atoms with Crippen molar-refractivity contribution in [3.05, 3.63) is 29.8 Å². The molecule has 1 saturated carbocycles. The van der Waals surface area contributed by atoms with Crippen LogP contribution in [-0.4, -0.2) is 52.9 Å². The van der Waals surface area contributed by atoms with E-state index in [1.807, 2.05) is 0 Å². The first kappa shape index (κ1) is 21.0. The van der Waals surface area contributed by atoms with E-state index in [9.17, 15) is 18.0 Å². The van der Waals surface area contributed by atoms with Crippen LogP contribution in [0.4, 0.5) is 10.5 Å². The van der Waals surface area contributed by atoms with Crippen molar-refractivity contribution in [1.82, 2.24) is 10.6 Å². The largest absolute Gasteiger partial charge is 0.465 e. The molecule has 27 heavy (non-hydrogen) atoms. The highest BCUT2D eigenvalue weighted by Crippen LogP contribution is 2.19. The van der Waals surface area contributed by atoms with Crippen LogP contribution in [0.15, 0.2) is 24.3 Å². The Hall–Kier alpha value is -2.29. The van der Waals surface area contributed by atoms with Crippen LogP contribution < -0.4 is 14.9 Å². The van der Waals surface area contributed by atoms with Gasteiger partial charge in [0.15, 0.2) is 0 Å². The zero-order chi connectivity index (χ0) is 19.9. The highest BCUT2D eigenvalue weighted by molar-refractivity contribution is 7.92. The maximum atomic E-state index is 12.1. The maximum absolute atomic E-state index is 12.1. The number of amides is 2. The smallest absolute Gasteiger partial charge is 0.337 e. The summed E-state index contributed by atoms with van der Waals surface area (Å²) in [5.41, 5.74) is 0.749. The summed E-state index contributed by atoms with van der Waals surface area (Å²) in [6, 6.07) is 5.99. The van der Waals surface area contributed by atoms with E-state index >= 15 is 0 Å². The Balaban J connectivity index is 1.93. The number of methoxy groups -OCH3 is 1. The summed E-state index contributed by atoms with van der Waals surface area (Å²) in [5.74, 6) is -0.492. The standard InChI is InChI=1S/C18H27N3O5S/c1-26-17(22)14-8-10-16(11-9-14)21(27(2,24)25)13-12-19-18(23)20-15-6-4-3-5-7-15/h8-11,15H,3-7,12-13H2,1-2H3,(H2,19,20,23). The highest BCUT2D eigenvalue weighted by atomic mass is 32.2. The van der Waals surface area contributed by atoms with Gasteiger partial charge < -0.3 is 15.4 Å². The summed E-state index contributed by atoms with van der Waals surface area (Å²) in [5, 5.41) is 5.64. The molecule has 2 amide bonds. The lowest BCUT2D eigenvalue weighted by Crippen LogP contribution is -2.45. The summed E-state index contributed by atoms with van der Waals surface area (Å²) in [4.78, 5) is 23.5. The van der Waals surface area contributed by atoms with Crippen molar-refractivity contribution in [2.75, 3.05) is 30.8 Å². The van der Waals surface area contributed by atoms with Crippen molar-refractivity contribution in [2.24, 2.45) is 0 Å². The molecule has 0 spiro atoms. The first-order chi connectivity index (χ1) is 12.8. The third-order valence-corrected chi connectivity index (χ3v) is 5.71. The molecule has 0 atom stereocenters. The van der Waals surface area contributed by atoms with Gasteiger partial charge in [-0.3, -0.25) is 4.31 Å². The summed E-state index contributed by atoms with van der Waals surface area (Å²) in [7, 11) is -2.26. The Morgan fingerprint density at radius 3 is 2.33 bits per heavy atom. The Labute approximate surface area is 160 Å². The topological polar surface area (TPSA) is 105 Å². The molecule has 1 aromatic carbocycles. The lowest BCUT2D eigenvalue weighted by Gasteiger charge is -2.24. The van der Waals surface area contributed by atoms with Crippen molar-refractivity contribution in [3.8, 4) is 0 Å². The van der Waals surface area contributed by atoms with E-state index in [2.05, 4.69) is 15.4 Å². The van der Waals surface area contributed by atoms with Crippen LogP contribution >= 0.6 is 0 Å². The average molecular weight is 397 g/mol. The van der Waals surface area contributed by atoms with E-state index < -0.39 is 16.0 Å². The van der Waals surface area contributed by atoms with Crippen molar-refractivity contribution in [3.63, 3.8) is 0 Å². The van der Waals surface area contributed by atoms with Gasteiger partial charge in [-0.1, -0.05) is 19.3 Å². The van der Waals surface area contributed by atoms with E-state index in [1.54, 1.807) is 0 Å². The van der Waals surface area contributed by atoms with Gasteiger partial charge in [-0.2, -0.15) is 0 Å². The van der Waals surface area contributed by atoms with Gasteiger partial charge in [0, 0.05) is 12.6 Å². The molecule has 0 bridgehead atoms. The third-order valence-electron chi connectivity index (χ3n) is 4.52. The van der Waals surface area contributed by atoms with Gasteiger partial charge in [-0.05, 0) is 37.1 Å². The van der Waals surface area contributed by atoms with Crippen LogP contribution in [-0.2, 0) is 14.8 Å². The molecular formula is C18H27N3O5S. The van der Waals surface area contributed by atoms with Crippen LogP contribution in [0.3, 0.4) is 0 Å². The normalized spacial score (nSPS) is 15.0. The van der Waals surface area contributed by atoms with E-state index in [4.69, 9.17) is 0 Å². The number of rotatable bonds is 7. The van der Waals surface area contributed by atoms with Crippen molar-refractivity contribution in [2.45, 2.75) is 38.1 Å². The zero-order valence-electron chi connectivity index (χ0n) is 15.7. The number of hydrogen-bond acceptors (Lipinski definition) is 5. The third kappa shape index (κ3) is 6.42. The minimum atomic E-state index is -3.54. The highest BCUT2D eigenvalue weighted by Gasteiger charge is 2.19. The summed E-state index contributed by atoms with van der Waals surface area (Å²) in [6.07, 6.45) is 6.51. The van der Waals surface area contributed by atoms with Crippen molar-refractivity contribution < 1.29 is 22.7 Å². The molecule has 1 aliphatic rings. The van der Waals surface area contributed by atoms with E-state index in [-0.39, 0.29) is 25.2 Å². The Kier molecular flexibility index (Phi) is 7.46. The fourth-order valence-corrected chi connectivity index (χ4v) is 4.05. The molecule has 1 aromatic rings. The zero-order valence-corrected chi connectivity index (χ0v) is 16.5. The first-order valence-corrected chi connectivity index (χ1v) is 10.9. The SMILES string of the molecule is COC(=O)c1ccc(N(CCNC(=O)NC2CCCCC2)S(C)(=O)=O)cc1. The van der Waals surface area contributed by atoms with Gasteiger partial charge in [0.1, 0.15) is 0 Å². The molecule has 8 nitrogen and oxygen atoms in total. The summed E-state index contributed by atoms with van der Waals surface area (Å²) < 4.78 is 30.0. The monoisotopic (exact) mass is 397 g/mol. The number of urea groups is 1. The van der Waals surface area contributed by atoms with Crippen LogP contribution in [0.1, 0.15) is 42.5 Å². The summed E-state index contributed by atoms with van der Waals surface area (Å²) in [6.45, 7) is 0.263. The lowest BCUT2D eigenvalue weighted by molar-refractivity contribution is 0.0600. The van der Waals surface area contributed by atoms with Gasteiger partial charge >= 0.3 is 12.0 Å². The molecule has 0 aromatic heterocycles. The second kappa shape index (κ2) is 9.59. The van der Waals surface area contributed by atoms with Crippen LogP contribution in [0.2, 0.25) is 0 Å². The van der Waals surface area contributed by atoms with Gasteiger partial charge in [0.25, 0.3) is 0 Å².